The predicted octanol–water partition coefficient (Wildman–Crippen LogP) is 2.58. The molecule has 9 heavy (non-hydrogen) atoms. The summed E-state index contributed by atoms with van der Waals surface area (Å²) in [5.41, 5.74) is 0. The van der Waals surface area contributed by atoms with E-state index in [0.717, 1.165) is 9.35 Å². The molecule has 0 radical (unpaired) electrons. The number of hydrogen-bond acceptors (Lipinski definition) is 2. The third-order valence-electron chi connectivity index (χ3n) is 0.931. The van der Waals surface area contributed by atoms with Crippen LogP contribution in [-0.4, -0.2) is 0 Å². The number of hydrogen-bond donors (Lipinski definition) is 0. The monoisotopic (exact) mass is 201 g/mol. The zero-order valence-corrected chi connectivity index (χ0v) is 7.00. The minimum atomic E-state index is 0.512. The average Bonchev–Trinajstić information content (AvgIpc) is 2.18. The van der Waals surface area contributed by atoms with Gasteiger partial charge >= 0.3 is 0 Å². The van der Waals surface area contributed by atoms with Crippen molar-refractivity contribution in [1.82, 2.24) is 0 Å². The van der Waals surface area contributed by atoms with Crippen LogP contribution < -0.4 is 0 Å². The molecule has 46 valence electrons. The zero-order valence-electron chi connectivity index (χ0n) is 4.60. The third kappa shape index (κ3) is 1.54. The van der Waals surface area contributed by atoms with Crippen LogP contribution in [0, 0.1) is 11.3 Å². The summed E-state index contributed by atoms with van der Waals surface area (Å²) in [7, 11) is 0. The standard InChI is InChI=1S/C6H4BrNS/c7-5-2-4-9-6(5)1-3-8/h2,4H,1H2. The summed E-state index contributed by atoms with van der Waals surface area (Å²) in [6.07, 6.45) is 0.512. The fourth-order valence-corrected chi connectivity index (χ4v) is 1.95. The van der Waals surface area contributed by atoms with Crippen LogP contribution in [0.15, 0.2) is 15.9 Å². The van der Waals surface area contributed by atoms with Crippen molar-refractivity contribution in [2.45, 2.75) is 6.42 Å². The molecule has 0 aliphatic rings. The number of nitrogens with zero attached hydrogens (tertiary/aromatic N) is 1. The van der Waals surface area contributed by atoms with Crippen molar-refractivity contribution in [2.24, 2.45) is 0 Å². The van der Waals surface area contributed by atoms with Gasteiger partial charge in [0.05, 0.1) is 12.5 Å². The van der Waals surface area contributed by atoms with E-state index in [0.29, 0.717) is 6.42 Å². The van der Waals surface area contributed by atoms with E-state index in [9.17, 15) is 0 Å². The highest BCUT2D eigenvalue weighted by atomic mass is 79.9. The molecule has 0 atom stereocenters. The van der Waals surface area contributed by atoms with Crippen molar-refractivity contribution >= 4 is 27.3 Å². The van der Waals surface area contributed by atoms with Crippen LogP contribution >= 0.6 is 27.3 Å². The Kier molecular flexibility index (Phi) is 2.26. The maximum Gasteiger partial charge on any atom is 0.0706 e. The van der Waals surface area contributed by atoms with Crippen LogP contribution in [0.2, 0.25) is 0 Å². The van der Waals surface area contributed by atoms with Gasteiger partial charge in [0.2, 0.25) is 0 Å². The first-order valence-electron chi connectivity index (χ1n) is 2.43. The highest BCUT2D eigenvalue weighted by Gasteiger charge is 1.97. The van der Waals surface area contributed by atoms with Crippen LogP contribution in [0.25, 0.3) is 0 Å². The summed E-state index contributed by atoms with van der Waals surface area (Å²) in [6.45, 7) is 0. The maximum atomic E-state index is 8.30. The lowest BCUT2D eigenvalue weighted by atomic mass is 10.4. The summed E-state index contributed by atoms with van der Waals surface area (Å²) in [5, 5.41) is 10.3. The Morgan fingerprint density at radius 2 is 2.56 bits per heavy atom. The second kappa shape index (κ2) is 3.00. The van der Waals surface area contributed by atoms with Crippen molar-refractivity contribution in [3.05, 3.63) is 20.8 Å². The molecule has 0 N–H and O–H groups in total. The quantitative estimate of drug-likeness (QED) is 0.686. The third-order valence-corrected chi connectivity index (χ3v) is 2.86. The molecule has 0 saturated carbocycles. The molecule has 0 spiro atoms. The SMILES string of the molecule is N#CCc1sccc1Br. The molecule has 1 rings (SSSR count). The number of nitriles is 1. The van der Waals surface area contributed by atoms with Crippen molar-refractivity contribution in [1.29, 1.82) is 5.26 Å². The van der Waals surface area contributed by atoms with E-state index in [1.165, 1.54) is 0 Å². The van der Waals surface area contributed by atoms with Crippen molar-refractivity contribution in [3.8, 4) is 6.07 Å². The first-order valence-corrected chi connectivity index (χ1v) is 4.10. The molecule has 0 aromatic carbocycles. The lowest BCUT2D eigenvalue weighted by molar-refractivity contribution is 1.31. The molecule has 1 nitrogen and oxygen atoms in total. The van der Waals surface area contributed by atoms with Gasteiger partial charge in [-0.3, -0.25) is 0 Å². The molecule has 0 saturated heterocycles. The fraction of sp³-hybridized carbons (Fsp3) is 0.167. The lowest BCUT2D eigenvalue weighted by Crippen LogP contribution is -1.71. The maximum absolute atomic E-state index is 8.30. The Hall–Kier alpha value is -0.330. The van der Waals surface area contributed by atoms with Gasteiger partial charge in [0.1, 0.15) is 0 Å². The van der Waals surface area contributed by atoms with Gasteiger partial charge in [0.15, 0.2) is 0 Å². The summed E-state index contributed by atoms with van der Waals surface area (Å²) >= 11 is 4.93. The van der Waals surface area contributed by atoms with Gasteiger partial charge in [0, 0.05) is 9.35 Å². The van der Waals surface area contributed by atoms with Crippen molar-refractivity contribution in [3.63, 3.8) is 0 Å². The Balaban J connectivity index is 2.84. The number of halogens is 1. The van der Waals surface area contributed by atoms with E-state index in [4.69, 9.17) is 5.26 Å². The van der Waals surface area contributed by atoms with E-state index in [1.54, 1.807) is 11.3 Å². The fourth-order valence-electron chi connectivity index (χ4n) is 0.523. The largest absolute Gasteiger partial charge is 0.198 e. The van der Waals surface area contributed by atoms with E-state index < -0.39 is 0 Å². The molecular formula is C6H4BrNS. The molecule has 1 aromatic heterocycles. The van der Waals surface area contributed by atoms with Crippen molar-refractivity contribution < 1.29 is 0 Å². The van der Waals surface area contributed by atoms with Crippen LogP contribution in [0.3, 0.4) is 0 Å². The molecule has 1 heterocycles. The van der Waals surface area contributed by atoms with Crippen molar-refractivity contribution in [2.75, 3.05) is 0 Å². The van der Waals surface area contributed by atoms with E-state index in [-0.39, 0.29) is 0 Å². The van der Waals surface area contributed by atoms with E-state index >= 15 is 0 Å². The average molecular weight is 202 g/mol. The Morgan fingerprint density at radius 3 is 3.00 bits per heavy atom. The van der Waals surface area contributed by atoms with Gasteiger partial charge < -0.3 is 0 Å². The minimum absolute atomic E-state index is 0.512. The predicted molar refractivity (Wildman–Crippen MR) is 41.3 cm³/mol. The van der Waals surface area contributed by atoms with Gasteiger partial charge in [-0.15, -0.1) is 11.3 Å². The normalized spacial score (nSPS) is 8.89. The van der Waals surface area contributed by atoms with Gasteiger partial charge in [-0.05, 0) is 27.4 Å². The van der Waals surface area contributed by atoms with Crippen LogP contribution in [0.4, 0.5) is 0 Å². The number of thiophene rings is 1. The number of rotatable bonds is 1. The van der Waals surface area contributed by atoms with Gasteiger partial charge in [-0.25, -0.2) is 0 Å². The summed E-state index contributed by atoms with van der Waals surface area (Å²) in [5.74, 6) is 0. The van der Waals surface area contributed by atoms with Crippen LogP contribution in [-0.2, 0) is 6.42 Å². The molecule has 0 fully saturated rings. The Labute approximate surface area is 66.1 Å². The molecule has 0 unspecified atom stereocenters. The molecule has 0 amide bonds. The Morgan fingerprint density at radius 1 is 1.78 bits per heavy atom. The first-order chi connectivity index (χ1) is 4.34. The van der Waals surface area contributed by atoms with Crippen LogP contribution in [0.1, 0.15) is 4.88 Å². The molecular weight excluding hydrogens is 198 g/mol. The molecule has 1 aromatic rings. The smallest absolute Gasteiger partial charge is 0.0706 e. The van der Waals surface area contributed by atoms with Gasteiger partial charge in [-0.1, -0.05) is 0 Å². The Bertz CT molecular complexity index is 235. The second-order valence-corrected chi connectivity index (χ2v) is 3.38. The summed E-state index contributed by atoms with van der Waals surface area (Å²) < 4.78 is 1.05. The minimum Gasteiger partial charge on any atom is -0.198 e. The second-order valence-electron chi connectivity index (χ2n) is 1.53. The highest BCUT2D eigenvalue weighted by Crippen LogP contribution is 2.22. The van der Waals surface area contributed by atoms with Gasteiger partial charge in [0.25, 0.3) is 0 Å². The topological polar surface area (TPSA) is 23.8 Å². The summed E-state index contributed by atoms with van der Waals surface area (Å²) in [6, 6.07) is 4.05. The molecule has 0 aliphatic heterocycles. The van der Waals surface area contributed by atoms with E-state index in [1.807, 2.05) is 11.4 Å². The molecule has 0 bridgehead atoms. The highest BCUT2D eigenvalue weighted by molar-refractivity contribution is 9.10. The first kappa shape index (κ1) is 6.79. The molecule has 3 heteroatoms. The van der Waals surface area contributed by atoms with Gasteiger partial charge in [-0.2, -0.15) is 5.26 Å². The lowest BCUT2D eigenvalue weighted by Gasteiger charge is -1.84. The van der Waals surface area contributed by atoms with E-state index in [2.05, 4.69) is 22.0 Å². The molecule has 0 aliphatic carbocycles. The summed E-state index contributed by atoms with van der Waals surface area (Å²) in [4.78, 5) is 1.11. The zero-order chi connectivity index (χ0) is 6.69. The van der Waals surface area contributed by atoms with Crippen LogP contribution in [0.5, 0.6) is 0 Å².